The summed E-state index contributed by atoms with van der Waals surface area (Å²) in [6, 6.07) is 0.149. The number of morpholine rings is 1. The van der Waals surface area contributed by atoms with Gasteiger partial charge in [0, 0.05) is 19.7 Å². The van der Waals surface area contributed by atoms with Gasteiger partial charge >= 0.3 is 0 Å². The molecule has 92 valence electrons. The van der Waals surface area contributed by atoms with Crippen molar-refractivity contribution in [1.29, 1.82) is 0 Å². The molecule has 2 fully saturated rings. The highest BCUT2D eigenvalue weighted by atomic mass is 16.5. The van der Waals surface area contributed by atoms with E-state index in [1.54, 1.807) is 0 Å². The smallest absolute Gasteiger partial charge is 0.249 e. The van der Waals surface area contributed by atoms with E-state index < -0.39 is 0 Å². The minimum absolute atomic E-state index is 0.0852. The van der Waals surface area contributed by atoms with Gasteiger partial charge in [0.05, 0.1) is 18.8 Å². The fourth-order valence-corrected chi connectivity index (χ4v) is 2.32. The van der Waals surface area contributed by atoms with E-state index in [4.69, 9.17) is 9.47 Å². The van der Waals surface area contributed by atoms with E-state index in [-0.39, 0.29) is 24.7 Å². The lowest BCUT2D eigenvalue weighted by Crippen LogP contribution is -2.55. The highest BCUT2D eigenvalue weighted by molar-refractivity contribution is 5.78. The predicted molar refractivity (Wildman–Crippen MR) is 59.2 cm³/mol. The summed E-state index contributed by atoms with van der Waals surface area (Å²) in [4.78, 5) is 13.7. The summed E-state index contributed by atoms with van der Waals surface area (Å²) in [7, 11) is 1.89. The minimum atomic E-state index is 0.0852. The average Bonchev–Trinajstić information content (AvgIpc) is 2.76. The Morgan fingerprint density at radius 2 is 2.44 bits per heavy atom. The minimum Gasteiger partial charge on any atom is -0.376 e. The number of ether oxygens (including phenoxy) is 2. The monoisotopic (exact) mass is 228 g/mol. The van der Waals surface area contributed by atoms with Crippen molar-refractivity contribution < 1.29 is 14.3 Å². The summed E-state index contributed by atoms with van der Waals surface area (Å²) < 4.78 is 10.8. The van der Waals surface area contributed by atoms with Gasteiger partial charge in [0.2, 0.25) is 5.91 Å². The summed E-state index contributed by atoms with van der Waals surface area (Å²) in [5.41, 5.74) is 0. The first kappa shape index (κ1) is 11.8. The van der Waals surface area contributed by atoms with Crippen LogP contribution in [0.5, 0.6) is 0 Å². The second-order valence-electron chi connectivity index (χ2n) is 4.41. The number of nitrogens with one attached hydrogen (secondary N) is 1. The van der Waals surface area contributed by atoms with Gasteiger partial charge in [-0.15, -0.1) is 0 Å². The topological polar surface area (TPSA) is 50.8 Å². The fraction of sp³-hybridized carbons (Fsp3) is 0.909. The number of carbonyl (C=O) groups excluding carboxylic acids is 1. The van der Waals surface area contributed by atoms with Crippen molar-refractivity contribution in [2.75, 3.05) is 40.0 Å². The molecule has 0 aromatic carbocycles. The number of amides is 1. The number of nitrogens with zero attached hydrogens (tertiary/aromatic N) is 1. The number of hydrogen-bond acceptors (Lipinski definition) is 4. The lowest BCUT2D eigenvalue weighted by molar-refractivity contribution is -0.150. The second kappa shape index (κ2) is 5.61. The summed E-state index contributed by atoms with van der Waals surface area (Å²) in [6.45, 7) is 3.17. The molecular weight excluding hydrogens is 208 g/mol. The Labute approximate surface area is 96.1 Å². The first-order valence-corrected chi connectivity index (χ1v) is 5.94. The Hall–Kier alpha value is -0.650. The molecule has 2 rings (SSSR count). The van der Waals surface area contributed by atoms with Crippen LogP contribution in [-0.4, -0.2) is 62.9 Å². The molecule has 0 aromatic heterocycles. The summed E-state index contributed by atoms with van der Waals surface area (Å²) in [6.07, 6.45) is 2.40. The molecule has 2 saturated heterocycles. The van der Waals surface area contributed by atoms with Gasteiger partial charge < -0.3 is 19.7 Å². The maximum absolute atomic E-state index is 11.8. The predicted octanol–water partition coefficient (Wildman–Crippen LogP) is -0.388. The van der Waals surface area contributed by atoms with Crippen LogP contribution in [0.15, 0.2) is 0 Å². The van der Waals surface area contributed by atoms with Crippen LogP contribution < -0.4 is 5.32 Å². The van der Waals surface area contributed by atoms with Gasteiger partial charge in [-0.2, -0.15) is 0 Å². The molecule has 5 heteroatoms. The fourth-order valence-electron chi connectivity index (χ4n) is 2.32. The highest BCUT2D eigenvalue weighted by Crippen LogP contribution is 2.16. The maximum Gasteiger partial charge on any atom is 0.249 e. The van der Waals surface area contributed by atoms with Crippen LogP contribution in [0.25, 0.3) is 0 Å². The number of hydrogen-bond donors (Lipinski definition) is 1. The molecular formula is C11H20N2O3. The Kier molecular flexibility index (Phi) is 4.15. The van der Waals surface area contributed by atoms with Gasteiger partial charge in [-0.05, 0) is 19.9 Å². The third-order valence-electron chi connectivity index (χ3n) is 3.16. The molecule has 16 heavy (non-hydrogen) atoms. The molecule has 2 atom stereocenters. The molecule has 0 radical (unpaired) electrons. The van der Waals surface area contributed by atoms with Crippen molar-refractivity contribution in [1.82, 2.24) is 10.2 Å². The molecule has 2 aliphatic rings. The molecule has 0 aromatic rings. The molecule has 2 unspecified atom stereocenters. The van der Waals surface area contributed by atoms with Gasteiger partial charge in [-0.25, -0.2) is 0 Å². The summed E-state index contributed by atoms with van der Waals surface area (Å²) in [5.74, 6) is 0.0852. The van der Waals surface area contributed by atoms with E-state index in [1.807, 2.05) is 11.9 Å². The largest absolute Gasteiger partial charge is 0.376 e. The normalized spacial score (nSPS) is 31.1. The van der Waals surface area contributed by atoms with Crippen molar-refractivity contribution >= 4 is 5.91 Å². The van der Waals surface area contributed by atoms with Crippen LogP contribution in [0.1, 0.15) is 12.8 Å². The molecule has 2 heterocycles. The zero-order valence-corrected chi connectivity index (χ0v) is 9.78. The lowest BCUT2D eigenvalue weighted by Gasteiger charge is -2.36. The van der Waals surface area contributed by atoms with E-state index in [0.717, 1.165) is 26.0 Å². The maximum atomic E-state index is 11.8. The van der Waals surface area contributed by atoms with Crippen molar-refractivity contribution in [3.8, 4) is 0 Å². The third-order valence-corrected chi connectivity index (χ3v) is 3.16. The van der Waals surface area contributed by atoms with Crippen LogP contribution >= 0.6 is 0 Å². The Morgan fingerprint density at radius 1 is 1.56 bits per heavy atom. The van der Waals surface area contributed by atoms with Gasteiger partial charge in [-0.1, -0.05) is 0 Å². The van der Waals surface area contributed by atoms with E-state index in [1.165, 1.54) is 0 Å². The van der Waals surface area contributed by atoms with Gasteiger partial charge in [0.15, 0.2) is 0 Å². The van der Waals surface area contributed by atoms with Gasteiger partial charge in [0.1, 0.15) is 6.61 Å². The molecule has 1 amide bonds. The lowest BCUT2D eigenvalue weighted by atomic mass is 10.1. The number of rotatable bonds is 4. The summed E-state index contributed by atoms with van der Waals surface area (Å²) >= 11 is 0. The van der Waals surface area contributed by atoms with Crippen LogP contribution in [-0.2, 0) is 14.3 Å². The first-order valence-electron chi connectivity index (χ1n) is 5.94. The van der Waals surface area contributed by atoms with Crippen molar-refractivity contribution in [3.05, 3.63) is 0 Å². The van der Waals surface area contributed by atoms with E-state index in [0.29, 0.717) is 13.2 Å². The number of likely N-dealkylation sites (N-methyl/N-ethyl adjacent to an activating group) is 1. The van der Waals surface area contributed by atoms with Crippen molar-refractivity contribution in [2.24, 2.45) is 0 Å². The van der Waals surface area contributed by atoms with E-state index in [2.05, 4.69) is 5.32 Å². The van der Waals surface area contributed by atoms with Crippen LogP contribution in [0, 0.1) is 0 Å². The SMILES string of the molecule is CNCC1COCC(=O)N1CC1CCCO1. The second-order valence-corrected chi connectivity index (χ2v) is 4.41. The zero-order valence-electron chi connectivity index (χ0n) is 9.78. The van der Waals surface area contributed by atoms with Gasteiger partial charge in [0.25, 0.3) is 0 Å². The molecule has 0 bridgehead atoms. The van der Waals surface area contributed by atoms with Crippen molar-refractivity contribution in [3.63, 3.8) is 0 Å². The molecule has 5 nitrogen and oxygen atoms in total. The van der Waals surface area contributed by atoms with Crippen LogP contribution in [0.3, 0.4) is 0 Å². The standard InChI is InChI=1S/C11H20N2O3/c1-12-5-9-7-15-8-11(14)13(9)6-10-3-2-4-16-10/h9-10,12H,2-8H2,1H3. The van der Waals surface area contributed by atoms with Crippen LogP contribution in [0.4, 0.5) is 0 Å². The number of carbonyl (C=O) groups is 1. The zero-order chi connectivity index (χ0) is 11.4. The summed E-state index contributed by atoms with van der Waals surface area (Å²) in [5, 5.41) is 3.10. The van der Waals surface area contributed by atoms with Crippen LogP contribution in [0.2, 0.25) is 0 Å². The average molecular weight is 228 g/mol. The molecule has 0 saturated carbocycles. The Balaban J connectivity index is 1.92. The Bertz CT molecular complexity index is 239. The molecule has 1 N–H and O–H groups in total. The quantitative estimate of drug-likeness (QED) is 0.712. The van der Waals surface area contributed by atoms with Crippen molar-refractivity contribution in [2.45, 2.75) is 25.0 Å². The Morgan fingerprint density at radius 3 is 3.12 bits per heavy atom. The first-order chi connectivity index (χ1) is 7.81. The van der Waals surface area contributed by atoms with E-state index in [9.17, 15) is 4.79 Å². The molecule has 0 spiro atoms. The molecule has 2 aliphatic heterocycles. The molecule has 0 aliphatic carbocycles. The van der Waals surface area contributed by atoms with Gasteiger partial charge in [-0.3, -0.25) is 4.79 Å². The third kappa shape index (κ3) is 2.72. The van der Waals surface area contributed by atoms with E-state index >= 15 is 0 Å². The highest BCUT2D eigenvalue weighted by Gasteiger charge is 2.31.